The predicted octanol–water partition coefficient (Wildman–Crippen LogP) is 1.83. The van der Waals surface area contributed by atoms with Gasteiger partial charge < -0.3 is 0 Å². The van der Waals surface area contributed by atoms with Gasteiger partial charge in [0.15, 0.2) is 0 Å². The van der Waals surface area contributed by atoms with Gasteiger partial charge >= 0.3 is 0 Å². The van der Waals surface area contributed by atoms with E-state index in [2.05, 4.69) is 29.0 Å². The molecule has 0 N–H and O–H groups in total. The van der Waals surface area contributed by atoms with Gasteiger partial charge in [0.1, 0.15) is 0 Å². The second-order valence-electron chi connectivity index (χ2n) is 0.392. The molecule has 0 heterocycles. The molecular formula is C2H3BIS. The van der Waals surface area contributed by atoms with E-state index in [4.69, 9.17) is 0 Å². The van der Waals surface area contributed by atoms with E-state index in [1.54, 1.807) is 17.0 Å². The summed E-state index contributed by atoms with van der Waals surface area (Å²) in [6.07, 6.45) is 0. The summed E-state index contributed by atoms with van der Waals surface area (Å²) in [6, 6.07) is 0. The third-order valence-electron chi connectivity index (χ3n) is 0.148. The van der Waals surface area contributed by atoms with Crippen molar-refractivity contribution in [1.82, 2.24) is 0 Å². The molecule has 0 aromatic rings. The molecule has 0 rings (SSSR count). The van der Waals surface area contributed by atoms with Crippen LogP contribution in [0.4, 0.5) is 0 Å². The summed E-state index contributed by atoms with van der Waals surface area (Å²) in [6.45, 7) is 3.48. The lowest BCUT2D eigenvalue weighted by atomic mass is 10.8. The van der Waals surface area contributed by atoms with Gasteiger partial charge in [-0.15, -0.1) is 22.4 Å². The Morgan fingerprint density at radius 1 is 2.00 bits per heavy atom. The minimum absolute atomic E-state index is 1.59. The monoisotopic (exact) mass is 197 g/mol. The summed E-state index contributed by atoms with van der Waals surface area (Å²) in [5, 5.41) is 1.78. The van der Waals surface area contributed by atoms with Crippen LogP contribution in [0.1, 0.15) is 0 Å². The smallest absolute Gasteiger partial charge is 0.176 e. The molecular weight excluding hydrogens is 194 g/mol. The molecule has 0 atom stereocenters. The third-order valence-corrected chi connectivity index (χ3v) is 1.32. The van der Waals surface area contributed by atoms with E-state index in [1.165, 1.54) is 0 Å². The predicted molar refractivity (Wildman–Crippen MR) is 37.6 cm³/mol. The highest BCUT2D eigenvalue weighted by Crippen LogP contribution is 1.98. The Bertz CT molecular complexity index is 30.8. The Kier molecular flexibility index (Phi) is 5.75. The summed E-state index contributed by atoms with van der Waals surface area (Å²) in [4.78, 5) is 0. The molecule has 0 bridgehead atoms. The highest BCUT2D eigenvalue weighted by molar-refractivity contribution is 14.1. The van der Waals surface area contributed by atoms with Crippen LogP contribution in [0.5, 0.6) is 0 Å². The zero-order valence-electron chi connectivity index (χ0n) is 2.65. The van der Waals surface area contributed by atoms with Crippen LogP contribution >= 0.6 is 34.0 Å². The van der Waals surface area contributed by atoms with E-state index in [0.29, 0.717) is 0 Å². The minimum atomic E-state index is 1.59. The van der Waals surface area contributed by atoms with Gasteiger partial charge in [0.05, 0.1) is 0 Å². The Morgan fingerprint density at radius 3 is 2.60 bits per heavy atom. The molecule has 0 saturated heterocycles. The van der Waals surface area contributed by atoms with Crippen molar-refractivity contribution in [2.45, 2.75) is 0 Å². The second kappa shape index (κ2) is 4.88. The van der Waals surface area contributed by atoms with Crippen molar-refractivity contribution in [2.24, 2.45) is 0 Å². The average molecular weight is 197 g/mol. The molecule has 0 spiro atoms. The van der Waals surface area contributed by atoms with E-state index in [0.717, 1.165) is 0 Å². The van der Waals surface area contributed by atoms with Gasteiger partial charge in [-0.1, -0.05) is 6.58 Å². The molecule has 0 aliphatic carbocycles. The second-order valence-corrected chi connectivity index (χ2v) is 2.70. The quantitative estimate of drug-likeness (QED) is 0.480. The minimum Gasteiger partial charge on any atom is -0.176 e. The topological polar surface area (TPSA) is 0 Å². The zero-order chi connectivity index (χ0) is 4.12. The summed E-state index contributed by atoms with van der Waals surface area (Å²) < 4.78 is 1.95. The van der Waals surface area contributed by atoms with Crippen LogP contribution < -0.4 is 0 Å². The number of halogens is 1. The third kappa shape index (κ3) is 4.88. The largest absolute Gasteiger partial charge is 0.281 e. The van der Waals surface area contributed by atoms with Gasteiger partial charge in [-0.3, -0.25) is 0 Å². The summed E-state index contributed by atoms with van der Waals surface area (Å²) in [5.74, 6) is 0. The van der Waals surface area contributed by atoms with Crippen LogP contribution in [0.25, 0.3) is 0 Å². The molecule has 0 saturated carbocycles. The normalized spacial score (nSPS) is 6.60. The lowest BCUT2D eigenvalue weighted by molar-refractivity contribution is 2.69. The van der Waals surface area contributed by atoms with Crippen LogP contribution in [0.15, 0.2) is 12.0 Å². The lowest BCUT2D eigenvalue weighted by Crippen LogP contribution is -1.50. The lowest BCUT2D eigenvalue weighted by Gasteiger charge is -1.69. The maximum Gasteiger partial charge on any atom is 0.281 e. The maximum absolute atomic E-state index is 3.48. The molecule has 1 radical (unpaired) electrons. The molecule has 0 aromatic carbocycles. The van der Waals surface area contributed by atoms with Crippen molar-refractivity contribution in [3.63, 3.8) is 0 Å². The van der Waals surface area contributed by atoms with Gasteiger partial charge in [0.2, 0.25) is 0 Å². The highest BCUT2D eigenvalue weighted by Gasteiger charge is 1.69. The van der Waals surface area contributed by atoms with Gasteiger partial charge in [0.25, 0.3) is 4.41 Å². The van der Waals surface area contributed by atoms with Gasteiger partial charge in [0, 0.05) is 0 Å². The molecule has 27 valence electrons. The first-order valence-electron chi connectivity index (χ1n) is 1.10. The fourth-order valence-electron chi connectivity index (χ4n) is 0.0364. The fourth-order valence-corrected chi connectivity index (χ4v) is 0.732. The van der Waals surface area contributed by atoms with Crippen molar-refractivity contribution in [2.75, 3.05) is 0 Å². The first-order chi connectivity index (χ1) is 2.41. The van der Waals surface area contributed by atoms with Crippen LogP contribution in [-0.2, 0) is 0 Å². The van der Waals surface area contributed by atoms with Crippen molar-refractivity contribution in [1.29, 1.82) is 0 Å². The van der Waals surface area contributed by atoms with Crippen molar-refractivity contribution < 1.29 is 0 Å². The molecule has 0 amide bonds. The maximum atomic E-state index is 3.48. The van der Waals surface area contributed by atoms with Crippen LogP contribution in [0.2, 0.25) is 0 Å². The Hall–Kier alpha value is 0.885. The van der Waals surface area contributed by atoms with Crippen LogP contribution in [-0.4, -0.2) is 4.41 Å². The van der Waals surface area contributed by atoms with E-state index in [-0.39, 0.29) is 0 Å². The van der Waals surface area contributed by atoms with Gasteiger partial charge in [-0.2, -0.15) is 11.6 Å². The number of hydrogen-bond donors (Lipinski definition) is 0. The highest BCUT2D eigenvalue weighted by atomic mass is 127. The molecule has 0 unspecified atom stereocenters. The average Bonchev–Trinajstić information content (AvgIpc) is 1.41. The number of rotatable bonds is 2. The van der Waals surface area contributed by atoms with E-state index < -0.39 is 0 Å². The zero-order valence-corrected chi connectivity index (χ0v) is 5.62. The summed E-state index contributed by atoms with van der Waals surface area (Å²) in [5.41, 5.74) is 0. The van der Waals surface area contributed by atoms with Gasteiger partial charge in [-0.05, 0) is 5.41 Å². The standard InChI is InChI=1S/C2H3BIS/c1-2-5-3-4/h2H,1H2. The number of hydrogen-bond acceptors (Lipinski definition) is 1. The van der Waals surface area contributed by atoms with E-state index in [9.17, 15) is 0 Å². The molecule has 0 aromatic heterocycles. The fraction of sp³-hybridized carbons (Fsp3) is 0. The SMILES string of the molecule is C=CS[B]I. The summed E-state index contributed by atoms with van der Waals surface area (Å²) in [7, 11) is 0. The molecule has 0 aliphatic rings. The van der Waals surface area contributed by atoms with Crippen molar-refractivity contribution in [3.05, 3.63) is 12.0 Å². The van der Waals surface area contributed by atoms with Crippen LogP contribution in [0, 0.1) is 0 Å². The first kappa shape index (κ1) is 5.88. The Morgan fingerprint density at radius 2 is 2.60 bits per heavy atom. The van der Waals surface area contributed by atoms with Crippen molar-refractivity contribution in [3.8, 4) is 0 Å². The Balaban J connectivity index is 2.40. The Labute approximate surface area is 50.4 Å². The molecule has 0 nitrogen and oxygen atoms in total. The van der Waals surface area contributed by atoms with E-state index in [1.807, 2.05) is 4.41 Å². The first-order valence-corrected chi connectivity index (χ1v) is 3.29. The molecule has 0 aliphatic heterocycles. The van der Waals surface area contributed by atoms with Crippen molar-refractivity contribution >= 4 is 38.4 Å². The van der Waals surface area contributed by atoms with Crippen LogP contribution in [0.3, 0.4) is 0 Å². The molecule has 0 fully saturated rings. The van der Waals surface area contributed by atoms with E-state index >= 15 is 0 Å². The summed E-state index contributed by atoms with van der Waals surface area (Å²) >= 11 is 3.74. The molecule has 3 heteroatoms. The molecule has 5 heavy (non-hydrogen) atoms. The van der Waals surface area contributed by atoms with Gasteiger partial charge in [-0.25, -0.2) is 0 Å².